The van der Waals surface area contributed by atoms with E-state index in [1.807, 2.05) is 60.7 Å². The number of aromatic amines is 1. The number of rotatable bonds is 6. The van der Waals surface area contributed by atoms with Crippen LogP contribution in [0.5, 0.6) is 11.5 Å². The van der Waals surface area contributed by atoms with Gasteiger partial charge in [0.2, 0.25) is 0 Å². The summed E-state index contributed by atoms with van der Waals surface area (Å²) in [7, 11) is 0. The first-order chi connectivity index (χ1) is 13.7. The Morgan fingerprint density at radius 1 is 1.04 bits per heavy atom. The van der Waals surface area contributed by atoms with Gasteiger partial charge in [-0.25, -0.2) is 0 Å². The van der Waals surface area contributed by atoms with E-state index >= 15 is 0 Å². The van der Waals surface area contributed by atoms with Crippen molar-refractivity contribution in [3.63, 3.8) is 0 Å². The van der Waals surface area contributed by atoms with Gasteiger partial charge >= 0.3 is 170 Å². The monoisotopic (exact) mass is 433 g/mol. The van der Waals surface area contributed by atoms with Crippen LogP contribution in [-0.4, -0.2) is 31.9 Å². The Bertz CT molecular complexity index is 1090. The van der Waals surface area contributed by atoms with Crippen LogP contribution in [0.1, 0.15) is 12.5 Å². The van der Waals surface area contributed by atoms with Crippen LogP contribution in [0.2, 0.25) is 0 Å². The molecule has 0 saturated carbocycles. The molecule has 2 N–H and O–H groups in total. The number of hydrogen-bond acceptors (Lipinski definition) is 3. The molecule has 140 valence electrons. The van der Waals surface area contributed by atoms with Crippen molar-refractivity contribution in [3.05, 3.63) is 78.4 Å². The number of hydrogen-bond donors (Lipinski definition) is 2. The number of ether oxygens (including phenoxy) is 1. The normalized spacial score (nSPS) is 11.2. The fourth-order valence-corrected chi connectivity index (χ4v) is 5.43. The summed E-state index contributed by atoms with van der Waals surface area (Å²) in [5.74, 6) is 1.59. The molecule has 0 aliphatic carbocycles. The Kier molecular flexibility index (Phi) is 5.45. The fourth-order valence-electron chi connectivity index (χ4n) is 2.96. The van der Waals surface area contributed by atoms with Crippen LogP contribution in [0.15, 0.2) is 72.8 Å². The second kappa shape index (κ2) is 8.32. The zero-order valence-electron chi connectivity index (χ0n) is 15.4. The van der Waals surface area contributed by atoms with Gasteiger partial charge in [0, 0.05) is 0 Å². The van der Waals surface area contributed by atoms with Crippen LogP contribution in [0, 0.1) is 0 Å². The molecule has 0 bridgehead atoms. The van der Waals surface area contributed by atoms with E-state index < -0.39 is 15.8 Å². The van der Waals surface area contributed by atoms with Gasteiger partial charge in [-0.3, -0.25) is 0 Å². The number of nitrogens with one attached hydrogen (secondary N) is 2. The average molecular weight is 433 g/mol. The number of para-hydroxylation sites is 1. The van der Waals surface area contributed by atoms with E-state index in [1.54, 1.807) is 0 Å². The van der Waals surface area contributed by atoms with E-state index in [-0.39, 0.29) is 5.91 Å². The minimum atomic E-state index is -0.501. The van der Waals surface area contributed by atoms with Gasteiger partial charge in [0.25, 0.3) is 0 Å². The summed E-state index contributed by atoms with van der Waals surface area (Å²) in [4.78, 5) is 11.1. The summed E-state index contributed by atoms with van der Waals surface area (Å²) in [6.07, 6.45) is 0. The van der Waals surface area contributed by atoms with Crippen LogP contribution < -0.4 is 14.5 Å². The Hall–Kier alpha value is -3.04. The fraction of sp³-hybridized carbons (Fsp3) is 0.0909. The number of carbonyl (C=O) groups excluding carboxylic acids is 1. The van der Waals surface area contributed by atoms with Gasteiger partial charge in [-0.15, -0.1) is 0 Å². The molecule has 3 aromatic carbocycles. The van der Waals surface area contributed by atoms with Gasteiger partial charge in [-0.2, -0.15) is 0 Å². The third-order valence-corrected chi connectivity index (χ3v) is 6.95. The molecule has 1 amide bonds. The van der Waals surface area contributed by atoms with E-state index in [0.717, 1.165) is 37.8 Å². The van der Waals surface area contributed by atoms with Gasteiger partial charge in [0.05, 0.1) is 0 Å². The number of anilines is 1. The molecule has 0 saturated heterocycles. The summed E-state index contributed by atoms with van der Waals surface area (Å²) in [5.41, 5.74) is 3.06. The third kappa shape index (κ3) is 4.26. The summed E-state index contributed by atoms with van der Waals surface area (Å²) in [6.45, 7) is 1.51. The van der Waals surface area contributed by atoms with Crippen LogP contribution in [0.25, 0.3) is 10.9 Å². The first-order valence-corrected chi connectivity index (χ1v) is 11.5. The molecule has 0 spiro atoms. The van der Waals surface area contributed by atoms with Crippen molar-refractivity contribution < 1.29 is 9.53 Å². The van der Waals surface area contributed by atoms with Gasteiger partial charge in [0.15, 0.2) is 0 Å². The first kappa shape index (κ1) is 18.3. The topological polar surface area (TPSA) is 67.0 Å². The van der Waals surface area contributed by atoms with E-state index in [2.05, 4.69) is 27.6 Å². The Balaban J connectivity index is 1.53. The van der Waals surface area contributed by atoms with Crippen molar-refractivity contribution in [1.29, 1.82) is 0 Å². The molecule has 1 atom stereocenters. The van der Waals surface area contributed by atoms with E-state index in [4.69, 9.17) is 4.74 Å². The molecular formula is C22H20AsN3O2. The zero-order valence-corrected chi connectivity index (χ0v) is 17.5. The molecule has 1 aromatic heterocycles. The molecular weight excluding hydrogens is 413 g/mol. The summed E-state index contributed by atoms with van der Waals surface area (Å²) in [5, 5.41) is 12.5. The van der Waals surface area contributed by atoms with Crippen LogP contribution in [0.3, 0.4) is 0 Å². The molecule has 6 heteroatoms. The number of amides is 1. The van der Waals surface area contributed by atoms with E-state index in [9.17, 15) is 4.79 Å². The van der Waals surface area contributed by atoms with Gasteiger partial charge < -0.3 is 0 Å². The van der Waals surface area contributed by atoms with Gasteiger partial charge in [0.1, 0.15) is 0 Å². The Morgan fingerprint density at radius 3 is 2.57 bits per heavy atom. The quantitative estimate of drug-likeness (QED) is 0.457. The second-order valence-corrected chi connectivity index (χ2v) is 8.87. The molecule has 0 aliphatic heterocycles. The number of nitrogens with zero attached hydrogens (tertiary/aromatic N) is 1. The number of aromatic nitrogens is 2. The molecule has 0 aliphatic rings. The molecule has 5 nitrogen and oxygen atoms in total. The Labute approximate surface area is 169 Å². The predicted molar refractivity (Wildman–Crippen MR) is 114 cm³/mol. The third-order valence-electron chi connectivity index (χ3n) is 4.26. The van der Waals surface area contributed by atoms with Crippen LogP contribution >= 0.6 is 0 Å². The summed E-state index contributed by atoms with van der Waals surface area (Å²) in [6, 6.07) is 23.8. The van der Waals surface area contributed by atoms with Crippen molar-refractivity contribution >= 4 is 42.7 Å². The van der Waals surface area contributed by atoms with Crippen LogP contribution in [-0.2, 0) is 10.0 Å². The number of H-pyrrole nitrogens is 1. The second-order valence-electron chi connectivity index (χ2n) is 6.40. The summed E-state index contributed by atoms with van der Waals surface area (Å²) >= 11 is -0.501. The van der Waals surface area contributed by atoms with Gasteiger partial charge in [-0.1, -0.05) is 0 Å². The van der Waals surface area contributed by atoms with Gasteiger partial charge in [-0.05, 0) is 0 Å². The maximum atomic E-state index is 11.1. The minimum absolute atomic E-state index is 0.0601. The first-order valence-electron chi connectivity index (χ1n) is 8.99. The number of carbonyl (C=O) groups is 1. The number of benzene rings is 3. The maximum absolute atomic E-state index is 11.1. The SMILES string of the molecule is CC(=O)Nc1ccc(C[AsH]c2n[nH]c3cccc(Oc4ccccc4)c23)cc1. The molecule has 1 heterocycles. The molecule has 28 heavy (non-hydrogen) atoms. The number of fused-ring (bicyclic) bond motifs is 1. The van der Waals surface area contributed by atoms with Crippen molar-refractivity contribution in [3.8, 4) is 11.5 Å². The molecule has 0 radical (unpaired) electrons. The van der Waals surface area contributed by atoms with Crippen molar-refractivity contribution in [2.75, 3.05) is 5.32 Å². The molecule has 1 unspecified atom stereocenters. The van der Waals surface area contributed by atoms with E-state index in [0.29, 0.717) is 0 Å². The van der Waals surface area contributed by atoms with Crippen molar-refractivity contribution in [2.45, 2.75) is 12.1 Å². The average Bonchev–Trinajstić information content (AvgIpc) is 3.12. The Morgan fingerprint density at radius 2 is 1.82 bits per heavy atom. The zero-order chi connectivity index (χ0) is 19.3. The predicted octanol–water partition coefficient (Wildman–Crippen LogP) is 3.58. The van der Waals surface area contributed by atoms with Crippen molar-refractivity contribution in [1.82, 2.24) is 10.2 Å². The van der Waals surface area contributed by atoms with Crippen molar-refractivity contribution in [2.24, 2.45) is 0 Å². The van der Waals surface area contributed by atoms with E-state index in [1.165, 1.54) is 12.5 Å². The van der Waals surface area contributed by atoms with Crippen LogP contribution in [0.4, 0.5) is 5.69 Å². The standard InChI is InChI=1S/C22H20AsN3O2/c1-15(27)24-17-12-10-16(11-13-17)14-23-22-21-19(25-26-22)8-5-9-20(21)28-18-6-3-2-4-7-18/h2-13,23H,14H2,1H3,(H,24,27)(H,25,26). The molecule has 0 fully saturated rings. The summed E-state index contributed by atoms with van der Waals surface area (Å²) < 4.78 is 7.22. The molecule has 4 rings (SSSR count). The molecule has 4 aromatic rings.